The second-order valence-electron chi connectivity index (χ2n) is 3.90. The summed E-state index contributed by atoms with van der Waals surface area (Å²) in [6.07, 6.45) is 0.931. The highest BCUT2D eigenvalue weighted by molar-refractivity contribution is 9.10. The predicted octanol–water partition coefficient (Wildman–Crippen LogP) is 3.82. The van der Waals surface area contributed by atoms with E-state index in [9.17, 15) is 0 Å². The van der Waals surface area contributed by atoms with E-state index in [0.29, 0.717) is 5.02 Å². The van der Waals surface area contributed by atoms with Gasteiger partial charge in [0, 0.05) is 21.5 Å². The molecule has 1 aliphatic heterocycles. The number of halogens is 2. The molecule has 1 nitrogen and oxygen atoms in total. The summed E-state index contributed by atoms with van der Waals surface area (Å²) in [5.41, 5.74) is 1.12. The van der Waals surface area contributed by atoms with Crippen molar-refractivity contribution in [1.82, 2.24) is 0 Å². The maximum absolute atomic E-state index is 5.91. The maximum atomic E-state index is 5.91. The van der Waals surface area contributed by atoms with Crippen molar-refractivity contribution >= 4 is 27.5 Å². The molecule has 0 saturated carbocycles. The Kier molecular flexibility index (Phi) is 2.08. The van der Waals surface area contributed by atoms with Gasteiger partial charge in [0.25, 0.3) is 0 Å². The lowest BCUT2D eigenvalue weighted by Crippen LogP contribution is -2.24. The summed E-state index contributed by atoms with van der Waals surface area (Å²) in [5, 5.41) is 0.711. The van der Waals surface area contributed by atoms with Crippen LogP contribution >= 0.6 is 27.5 Å². The van der Waals surface area contributed by atoms with Crippen molar-refractivity contribution in [3.63, 3.8) is 0 Å². The number of benzene rings is 1. The second-order valence-corrected chi connectivity index (χ2v) is 5.19. The lowest BCUT2D eigenvalue weighted by molar-refractivity contribution is 0.138. The van der Waals surface area contributed by atoms with E-state index in [0.717, 1.165) is 16.6 Å². The number of hydrogen-bond acceptors (Lipinski definition) is 1. The van der Waals surface area contributed by atoms with E-state index < -0.39 is 0 Å². The number of rotatable bonds is 0. The quantitative estimate of drug-likeness (QED) is 0.690. The number of ether oxygens (including phenoxy) is 1. The maximum Gasteiger partial charge on any atom is 0.126 e. The van der Waals surface area contributed by atoms with E-state index in [-0.39, 0.29) is 5.60 Å². The standard InChI is InChI=1S/C10H10BrClO/c1-10(2)5-7-8(11)3-6(12)4-9(7)13-10/h3-4H,5H2,1-2H3. The van der Waals surface area contributed by atoms with E-state index in [4.69, 9.17) is 16.3 Å². The van der Waals surface area contributed by atoms with Crippen LogP contribution in [0, 0.1) is 0 Å². The van der Waals surface area contributed by atoms with Crippen LogP contribution in [0.5, 0.6) is 5.75 Å². The van der Waals surface area contributed by atoms with Gasteiger partial charge in [0.05, 0.1) is 0 Å². The first kappa shape index (κ1) is 9.35. The van der Waals surface area contributed by atoms with Gasteiger partial charge in [-0.15, -0.1) is 0 Å². The fourth-order valence-electron chi connectivity index (χ4n) is 1.60. The average Bonchev–Trinajstić information content (AvgIpc) is 2.23. The minimum atomic E-state index is -0.102. The Morgan fingerprint density at radius 1 is 1.46 bits per heavy atom. The van der Waals surface area contributed by atoms with Crippen LogP contribution in [0.2, 0.25) is 5.02 Å². The molecule has 0 unspecified atom stereocenters. The predicted molar refractivity (Wildman–Crippen MR) is 57.6 cm³/mol. The first-order valence-electron chi connectivity index (χ1n) is 4.15. The highest BCUT2D eigenvalue weighted by Crippen LogP contribution is 2.40. The lowest BCUT2D eigenvalue weighted by atomic mass is 10.0. The van der Waals surface area contributed by atoms with E-state index in [1.807, 2.05) is 12.1 Å². The smallest absolute Gasteiger partial charge is 0.126 e. The van der Waals surface area contributed by atoms with Crippen LogP contribution in [-0.2, 0) is 6.42 Å². The Hall–Kier alpha value is -0.210. The van der Waals surface area contributed by atoms with Gasteiger partial charge in [0.2, 0.25) is 0 Å². The third-order valence-electron chi connectivity index (χ3n) is 2.11. The first-order valence-corrected chi connectivity index (χ1v) is 5.32. The van der Waals surface area contributed by atoms with Crippen molar-refractivity contribution < 1.29 is 4.74 Å². The third kappa shape index (κ3) is 1.70. The van der Waals surface area contributed by atoms with Gasteiger partial charge in [-0.1, -0.05) is 27.5 Å². The molecule has 0 aromatic heterocycles. The molecule has 0 aliphatic carbocycles. The zero-order chi connectivity index (χ0) is 9.64. The van der Waals surface area contributed by atoms with Gasteiger partial charge >= 0.3 is 0 Å². The zero-order valence-electron chi connectivity index (χ0n) is 7.53. The number of hydrogen-bond donors (Lipinski definition) is 0. The summed E-state index contributed by atoms with van der Waals surface area (Å²) in [7, 11) is 0. The van der Waals surface area contributed by atoms with Gasteiger partial charge in [-0.05, 0) is 26.0 Å². The highest BCUT2D eigenvalue weighted by Gasteiger charge is 2.31. The summed E-state index contributed by atoms with van der Waals surface area (Å²) in [6, 6.07) is 3.78. The van der Waals surface area contributed by atoms with Crippen molar-refractivity contribution in [3.8, 4) is 5.75 Å². The Morgan fingerprint density at radius 3 is 2.85 bits per heavy atom. The summed E-state index contributed by atoms with van der Waals surface area (Å²) in [6.45, 7) is 4.15. The van der Waals surface area contributed by atoms with Crippen molar-refractivity contribution in [1.29, 1.82) is 0 Å². The largest absolute Gasteiger partial charge is 0.487 e. The Bertz CT molecular complexity index is 360. The molecule has 70 valence electrons. The molecule has 0 radical (unpaired) electrons. The molecule has 1 aliphatic rings. The molecule has 0 amide bonds. The van der Waals surface area contributed by atoms with Crippen LogP contribution in [0.4, 0.5) is 0 Å². The molecule has 0 bridgehead atoms. The Balaban J connectivity index is 2.52. The molecule has 0 fully saturated rings. The van der Waals surface area contributed by atoms with E-state index >= 15 is 0 Å². The van der Waals surface area contributed by atoms with Gasteiger partial charge in [-0.2, -0.15) is 0 Å². The van der Waals surface area contributed by atoms with Crippen molar-refractivity contribution in [2.45, 2.75) is 25.9 Å². The molecule has 0 N–H and O–H groups in total. The van der Waals surface area contributed by atoms with Crippen LogP contribution in [0.15, 0.2) is 16.6 Å². The van der Waals surface area contributed by atoms with E-state index in [1.165, 1.54) is 5.56 Å². The fourth-order valence-corrected chi connectivity index (χ4v) is 2.52. The summed E-state index contributed by atoms with van der Waals surface area (Å²) in [4.78, 5) is 0. The molecule has 1 aromatic rings. The van der Waals surface area contributed by atoms with Gasteiger partial charge in [-0.25, -0.2) is 0 Å². The Labute approximate surface area is 91.2 Å². The number of fused-ring (bicyclic) bond motifs is 1. The molecule has 0 spiro atoms. The average molecular weight is 262 g/mol. The normalized spacial score (nSPS) is 18.2. The lowest BCUT2D eigenvalue weighted by Gasteiger charge is -2.16. The highest BCUT2D eigenvalue weighted by atomic mass is 79.9. The van der Waals surface area contributed by atoms with E-state index in [1.54, 1.807) is 0 Å². The summed E-state index contributed by atoms with van der Waals surface area (Å²) < 4.78 is 6.78. The molecule has 2 rings (SSSR count). The van der Waals surface area contributed by atoms with Crippen LogP contribution in [0.1, 0.15) is 19.4 Å². The monoisotopic (exact) mass is 260 g/mol. The second kappa shape index (κ2) is 2.89. The van der Waals surface area contributed by atoms with Gasteiger partial charge in [0.15, 0.2) is 0 Å². The zero-order valence-corrected chi connectivity index (χ0v) is 9.87. The summed E-state index contributed by atoms with van der Waals surface area (Å²) in [5.74, 6) is 0.907. The van der Waals surface area contributed by atoms with Crippen LogP contribution in [-0.4, -0.2) is 5.60 Å². The van der Waals surface area contributed by atoms with Gasteiger partial charge < -0.3 is 4.74 Å². The summed E-state index contributed by atoms with van der Waals surface area (Å²) >= 11 is 9.40. The third-order valence-corrected chi connectivity index (χ3v) is 3.03. The molecule has 1 aromatic carbocycles. The topological polar surface area (TPSA) is 9.23 Å². The molecular weight excluding hydrogens is 251 g/mol. The minimum absolute atomic E-state index is 0.102. The molecule has 0 atom stereocenters. The molecule has 13 heavy (non-hydrogen) atoms. The van der Waals surface area contributed by atoms with E-state index in [2.05, 4.69) is 29.8 Å². The SMILES string of the molecule is CC1(C)Cc2c(Br)cc(Cl)cc2O1. The first-order chi connectivity index (χ1) is 5.98. The van der Waals surface area contributed by atoms with Gasteiger partial charge in [-0.3, -0.25) is 0 Å². The molecule has 1 heterocycles. The fraction of sp³-hybridized carbons (Fsp3) is 0.400. The Morgan fingerprint density at radius 2 is 2.15 bits per heavy atom. The minimum Gasteiger partial charge on any atom is -0.487 e. The van der Waals surface area contributed by atoms with Crippen molar-refractivity contribution in [3.05, 3.63) is 27.2 Å². The van der Waals surface area contributed by atoms with Crippen LogP contribution in [0.25, 0.3) is 0 Å². The van der Waals surface area contributed by atoms with Crippen LogP contribution < -0.4 is 4.74 Å². The van der Waals surface area contributed by atoms with Gasteiger partial charge in [0.1, 0.15) is 11.4 Å². The van der Waals surface area contributed by atoms with Crippen molar-refractivity contribution in [2.24, 2.45) is 0 Å². The molecule has 3 heteroatoms. The molecule has 0 saturated heterocycles. The van der Waals surface area contributed by atoms with Crippen LogP contribution in [0.3, 0.4) is 0 Å². The van der Waals surface area contributed by atoms with Crippen molar-refractivity contribution in [2.75, 3.05) is 0 Å². The molecular formula is C10H10BrClO.